The Morgan fingerprint density at radius 1 is 0.947 bits per heavy atom. The maximum absolute atomic E-state index is 12.4. The van der Waals surface area contributed by atoms with Crippen molar-refractivity contribution in [2.24, 2.45) is 5.73 Å². The van der Waals surface area contributed by atoms with E-state index in [9.17, 15) is 18.3 Å². The largest absolute Gasteiger partial charge is 0.508 e. The molecule has 0 spiro atoms. The third-order valence-corrected chi connectivity index (χ3v) is 2.87. The van der Waals surface area contributed by atoms with E-state index in [1.807, 2.05) is 0 Å². The first-order chi connectivity index (χ1) is 8.89. The summed E-state index contributed by atoms with van der Waals surface area (Å²) < 4.78 is 37.3. The lowest BCUT2D eigenvalue weighted by molar-refractivity contribution is -0.137. The molecule has 1 atom stereocenters. The molecule has 2 nitrogen and oxygen atoms in total. The van der Waals surface area contributed by atoms with Gasteiger partial charge in [0.1, 0.15) is 5.75 Å². The molecule has 1 unspecified atom stereocenters. The molecule has 0 bridgehead atoms. The summed E-state index contributed by atoms with van der Waals surface area (Å²) in [5.74, 6) is 0.0231. The van der Waals surface area contributed by atoms with E-state index in [1.165, 1.54) is 18.2 Å². The first kappa shape index (κ1) is 13.4. The number of phenolic OH excluding ortho intramolecular Hbond substituents is 1. The highest BCUT2D eigenvalue weighted by atomic mass is 19.4. The van der Waals surface area contributed by atoms with Crippen LogP contribution in [0.3, 0.4) is 0 Å². The summed E-state index contributed by atoms with van der Waals surface area (Å²) in [4.78, 5) is 0. The fourth-order valence-corrected chi connectivity index (χ4v) is 1.81. The minimum absolute atomic E-state index is 0.0231. The minimum atomic E-state index is -4.36. The molecule has 0 aliphatic heterocycles. The summed E-state index contributed by atoms with van der Waals surface area (Å²) in [5, 5.41) is 9.67. The Balaban J connectivity index is 2.31. The second-order valence-corrected chi connectivity index (χ2v) is 4.16. The maximum Gasteiger partial charge on any atom is 0.416 e. The molecule has 19 heavy (non-hydrogen) atoms. The van der Waals surface area contributed by atoms with E-state index >= 15 is 0 Å². The van der Waals surface area contributed by atoms with Crippen molar-refractivity contribution in [1.29, 1.82) is 0 Å². The Morgan fingerprint density at radius 3 is 2.05 bits per heavy atom. The van der Waals surface area contributed by atoms with Crippen LogP contribution in [-0.4, -0.2) is 5.11 Å². The van der Waals surface area contributed by atoms with E-state index in [0.29, 0.717) is 11.1 Å². The lowest BCUT2D eigenvalue weighted by atomic mass is 9.98. The van der Waals surface area contributed by atoms with Crippen molar-refractivity contribution in [1.82, 2.24) is 0 Å². The third-order valence-electron chi connectivity index (χ3n) is 2.87. The molecule has 0 aromatic heterocycles. The average Bonchev–Trinajstić information content (AvgIpc) is 2.38. The van der Waals surface area contributed by atoms with Gasteiger partial charge < -0.3 is 10.8 Å². The monoisotopic (exact) mass is 267 g/mol. The predicted octanol–water partition coefficient (Wildman–Crippen LogP) is 3.46. The van der Waals surface area contributed by atoms with Crippen molar-refractivity contribution in [3.05, 3.63) is 65.2 Å². The number of alkyl halides is 3. The number of para-hydroxylation sites is 1. The van der Waals surface area contributed by atoms with Crippen LogP contribution < -0.4 is 5.73 Å². The summed E-state index contributed by atoms with van der Waals surface area (Å²) in [6.45, 7) is 0. The molecular formula is C14H12F3NO. The molecule has 5 heteroatoms. The van der Waals surface area contributed by atoms with Crippen molar-refractivity contribution in [3.63, 3.8) is 0 Å². The molecule has 100 valence electrons. The number of phenols is 1. The molecule has 0 fully saturated rings. The van der Waals surface area contributed by atoms with E-state index in [1.54, 1.807) is 18.2 Å². The average molecular weight is 267 g/mol. The van der Waals surface area contributed by atoms with Crippen molar-refractivity contribution in [2.45, 2.75) is 12.2 Å². The maximum atomic E-state index is 12.4. The Morgan fingerprint density at radius 2 is 1.53 bits per heavy atom. The summed E-state index contributed by atoms with van der Waals surface area (Å²) in [6.07, 6.45) is -4.36. The van der Waals surface area contributed by atoms with Crippen LogP contribution in [0.25, 0.3) is 0 Å². The first-order valence-electron chi connectivity index (χ1n) is 5.60. The third kappa shape index (κ3) is 2.88. The highest BCUT2D eigenvalue weighted by Crippen LogP contribution is 2.31. The molecule has 0 saturated heterocycles. The molecule has 3 N–H and O–H groups in total. The zero-order chi connectivity index (χ0) is 14.0. The molecule has 2 rings (SSSR count). The Bertz CT molecular complexity index is 564. The summed E-state index contributed by atoms with van der Waals surface area (Å²) >= 11 is 0. The lowest BCUT2D eigenvalue weighted by Crippen LogP contribution is -2.13. The molecular weight excluding hydrogens is 255 g/mol. The summed E-state index contributed by atoms with van der Waals surface area (Å²) in [7, 11) is 0. The van der Waals surface area contributed by atoms with Crippen molar-refractivity contribution < 1.29 is 18.3 Å². The molecule has 0 saturated carbocycles. The first-order valence-corrected chi connectivity index (χ1v) is 5.60. The van der Waals surface area contributed by atoms with Crippen LogP contribution >= 0.6 is 0 Å². The van der Waals surface area contributed by atoms with E-state index in [4.69, 9.17) is 5.73 Å². The van der Waals surface area contributed by atoms with Crippen molar-refractivity contribution >= 4 is 0 Å². The predicted molar refractivity (Wildman–Crippen MR) is 65.6 cm³/mol. The fourth-order valence-electron chi connectivity index (χ4n) is 1.81. The van der Waals surface area contributed by atoms with Crippen LogP contribution in [-0.2, 0) is 6.18 Å². The number of nitrogens with two attached hydrogens (primary N) is 1. The molecule has 0 heterocycles. The van der Waals surface area contributed by atoms with Crippen LogP contribution in [0.15, 0.2) is 48.5 Å². The van der Waals surface area contributed by atoms with Crippen LogP contribution in [0.1, 0.15) is 22.7 Å². The molecule has 0 radical (unpaired) electrons. The van der Waals surface area contributed by atoms with Gasteiger partial charge in [-0.3, -0.25) is 0 Å². The van der Waals surface area contributed by atoms with Crippen molar-refractivity contribution in [3.8, 4) is 5.75 Å². The van der Waals surface area contributed by atoms with Gasteiger partial charge in [-0.25, -0.2) is 0 Å². The van der Waals surface area contributed by atoms with Gasteiger partial charge in [-0.15, -0.1) is 0 Å². The van der Waals surface area contributed by atoms with Gasteiger partial charge in [0.2, 0.25) is 0 Å². The number of aromatic hydroxyl groups is 1. The zero-order valence-corrected chi connectivity index (χ0v) is 9.85. The molecule has 0 aliphatic rings. The number of benzene rings is 2. The summed E-state index contributed by atoms with van der Waals surface area (Å²) in [5.41, 5.74) is 6.20. The number of rotatable bonds is 2. The van der Waals surface area contributed by atoms with E-state index in [2.05, 4.69) is 0 Å². The van der Waals surface area contributed by atoms with Crippen LogP contribution in [0.2, 0.25) is 0 Å². The smallest absolute Gasteiger partial charge is 0.416 e. The molecule has 0 aliphatic carbocycles. The number of halogens is 3. The van der Waals surface area contributed by atoms with E-state index < -0.39 is 17.8 Å². The topological polar surface area (TPSA) is 46.2 Å². The zero-order valence-electron chi connectivity index (χ0n) is 9.85. The van der Waals surface area contributed by atoms with Gasteiger partial charge in [0.05, 0.1) is 11.6 Å². The molecule has 2 aromatic rings. The SMILES string of the molecule is NC(c1ccc(C(F)(F)F)cc1)c1ccccc1O. The Labute approximate surface area is 108 Å². The highest BCUT2D eigenvalue weighted by molar-refractivity contribution is 5.41. The van der Waals surface area contributed by atoms with Gasteiger partial charge in [0.25, 0.3) is 0 Å². The number of hydrogen-bond acceptors (Lipinski definition) is 2. The summed E-state index contributed by atoms with van der Waals surface area (Å²) in [6, 6.07) is 10.4. The van der Waals surface area contributed by atoms with Gasteiger partial charge in [0.15, 0.2) is 0 Å². The number of hydrogen-bond donors (Lipinski definition) is 2. The highest BCUT2D eigenvalue weighted by Gasteiger charge is 2.30. The van der Waals surface area contributed by atoms with E-state index in [0.717, 1.165) is 12.1 Å². The van der Waals surface area contributed by atoms with Crippen LogP contribution in [0, 0.1) is 0 Å². The van der Waals surface area contributed by atoms with Gasteiger partial charge in [0, 0.05) is 5.56 Å². The molecule has 2 aromatic carbocycles. The van der Waals surface area contributed by atoms with Crippen LogP contribution in [0.5, 0.6) is 5.75 Å². The normalized spacial score (nSPS) is 13.3. The Hall–Kier alpha value is -2.01. The van der Waals surface area contributed by atoms with Crippen molar-refractivity contribution in [2.75, 3.05) is 0 Å². The van der Waals surface area contributed by atoms with Gasteiger partial charge in [-0.2, -0.15) is 13.2 Å². The van der Waals surface area contributed by atoms with Gasteiger partial charge in [-0.05, 0) is 23.8 Å². The minimum Gasteiger partial charge on any atom is -0.508 e. The second kappa shape index (κ2) is 4.93. The fraction of sp³-hybridized carbons (Fsp3) is 0.143. The quantitative estimate of drug-likeness (QED) is 0.875. The standard InChI is InChI=1S/C14H12F3NO/c15-14(16,17)10-7-5-9(6-8-10)13(18)11-3-1-2-4-12(11)19/h1-8,13,19H,18H2. The lowest BCUT2D eigenvalue weighted by Gasteiger charge is -2.15. The van der Waals surface area contributed by atoms with E-state index in [-0.39, 0.29) is 5.75 Å². The van der Waals surface area contributed by atoms with Gasteiger partial charge in [-0.1, -0.05) is 30.3 Å². The molecule has 0 amide bonds. The second-order valence-electron chi connectivity index (χ2n) is 4.16. The van der Waals surface area contributed by atoms with Crippen LogP contribution in [0.4, 0.5) is 13.2 Å². The van der Waals surface area contributed by atoms with Gasteiger partial charge >= 0.3 is 6.18 Å². The Kier molecular flexibility index (Phi) is 3.48.